The van der Waals surface area contributed by atoms with Crippen molar-refractivity contribution >= 4 is 22.8 Å². The van der Waals surface area contributed by atoms with Gasteiger partial charge in [0.25, 0.3) is 5.56 Å². The number of fused-ring (bicyclic) bond motifs is 3. The average Bonchev–Trinajstić information content (AvgIpc) is 3.09. The zero-order chi connectivity index (χ0) is 20.2. The molecule has 8 heteroatoms. The lowest BCUT2D eigenvalue weighted by Gasteiger charge is -2.28. The van der Waals surface area contributed by atoms with Gasteiger partial charge in [-0.2, -0.15) is 10.1 Å². The molecule has 0 unspecified atom stereocenters. The van der Waals surface area contributed by atoms with Crippen LogP contribution in [-0.4, -0.2) is 30.9 Å². The largest absolute Gasteiger partial charge is 0.332 e. The van der Waals surface area contributed by atoms with Crippen molar-refractivity contribution in [1.82, 2.24) is 18.7 Å². The molecule has 0 saturated carbocycles. The van der Waals surface area contributed by atoms with Gasteiger partial charge in [0.1, 0.15) is 0 Å². The molecule has 0 N–H and O–H groups in total. The van der Waals surface area contributed by atoms with Gasteiger partial charge in [0.05, 0.1) is 18.3 Å². The van der Waals surface area contributed by atoms with E-state index in [1.165, 1.54) is 9.13 Å². The quantitative estimate of drug-likeness (QED) is 0.697. The minimum Gasteiger partial charge on any atom is -0.294 e. The molecule has 0 amide bonds. The molecule has 4 rings (SSSR count). The van der Waals surface area contributed by atoms with E-state index in [1.807, 2.05) is 56.5 Å². The third-order valence-corrected chi connectivity index (χ3v) is 5.42. The Bertz CT molecular complexity index is 1210. The van der Waals surface area contributed by atoms with Crippen LogP contribution in [0.25, 0.3) is 11.2 Å². The van der Waals surface area contributed by atoms with Crippen LogP contribution in [-0.2, 0) is 13.6 Å². The average molecular weight is 380 g/mol. The minimum absolute atomic E-state index is 0.110. The van der Waals surface area contributed by atoms with Gasteiger partial charge in [-0.1, -0.05) is 29.8 Å². The fourth-order valence-electron chi connectivity index (χ4n) is 3.61. The topological polar surface area (TPSA) is 77.4 Å². The minimum atomic E-state index is -0.373. The van der Waals surface area contributed by atoms with Crippen LogP contribution in [0.4, 0.5) is 5.95 Å². The molecule has 0 spiro atoms. The van der Waals surface area contributed by atoms with E-state index in [9.17, 15) is 9.59 Å². The molecule has 0 radical (unpaired) electrons. The summed E-state index contributed by atoms with van der Waals surface area (Å²) in [5.41, 5.74) is 3.06. The van der Waals surface area contributed by atoms with E-state index in [0.29, 0.717) is 23.7 Å². The van der Waals surface area contributed by atoms with Gasteiger partial charge in [0, 0.05) is 13.6 Å². The molecule has 0 fully saturated rings. The molecule has 1 aliphatic heterocycles. The van der Waals surface area contributed by atoms with Crippen LogP contribution in [0.1, 0.15) is 37.9 Å². The van der Waals surface area contributed by atoms with Crippen molar-refractivity contribution in [2.24, 2.45) is 12.1 Å². The summed E-state index contributed by atoms with van der Waals surface area (Å²) in [6.45, 7) is 8.76. The first-order valence-electron chi connectivity index (χ1n) is 9.43. The Morgan fingerprint density at radius 3 is 2.43 bits per heavy atom. The summed E-state index contributed by atoms with van der Waals surface area (Å²) >= 11 is 0. The normalized spacial score (nSPS) is 16.4. The second-order valence-corrected chi connectivity index (χ2v) is 7.31. The Morgan fingerprint density at radius 2 is 1.79 bits per heavy atom. The van der Waals surface area contributed by atoms with Crippen molar-refractivity contribution in [2.45, 2.75) is 40.3 Å². The van der Waals surface area contributed by atoms with E-state index in [4.69, 9.17) is 0 Å². The highest BCUT2D eigenvalue weighted by atomic mass is 16.2. The Hall–Kier alpha value is -3.16. The van der Waals surface area contributed by atoms with E-state index < -0.39 is 0 Å². The molecular weight excluding hydrogens is 356 g/mol. The first-order valence-corrected chi connectivity index (χ1v) is 9.43. The maximum absolute atomic E-state index is 13.4. The maximum atomic E-state index is 13.4. The maximum Gasteiger partial charge on any atom is 0.332 e. The van der Waals surface area contributed by atoms with Crippen LogP contribution in [0, 0.1) is 6.92 Å². The van der Waals surface area contributed by atoms with Gasteiger partial charge in [-0.15, -0.1) is 0 Å². The van der Waals surface area contributed by atoms with E-state index in [1.54, 1.807) is 12.1 Å². The highest BCUT2D eigenvalue weighted by Crippen LogP contribution is 2.29. The summed E-state index contributed by atoms with van der Waals surface area (Å²) < 4.78 is 4.63. The number of rotatable bonds is 3. The number of nitrogens with zero attached hydrogens (tertiary/aromatic N) is 6. The molecule has 0 saturated heterocycles. The SMILES string of the molecule is CCN1N=C(C)[C@@H](C)n2c1nc1c2c(=O)n(Cc2ccc(C)cc2)c(=O)n1C. The number of anilines is 1. The van der Waals surface area contributed by atoms with Gasteiger partial charge in [0.15, 0.2) is 11.2 Å². The fourth-order valence-corrected chi connectivity index (χ4v) is 3.61. The lowest BCUT2D eigenvalue weighted by Crippen LogP contribution is -2.40. The number of hydrogen-bond acceptors (Lipinski definition) is 5. The molecule has 28 heavy (non-hydrogen) atoms. The van der Waals surface area contributed by atoms with E-state index >= 15 is 0 Å². The molecule has 0 bridgehead atoms. The monoisotopic (exact) mass is 380 g/mol. The van der Waals surface area contributed by atoms with Crippen LogP contribution >= 0.6 is 0 Å². The van der Waals surface area contributed by atoms with E-state index in [-0.39, 0.29) is 23.8 Å². The zero-order valence-corrected chi connectivity index (χ0v) is 16.8. The Labute approximate surface area is 162 Å². The van der Waals surface area contributed by atoms with Gasteiger partial charge in [0.2, 0.25) is 5.95 Å². The molecular formula is C20H24N6O2. The number of benzene rings is 1. The molecule has 0 aliphatic carbocycles. The summed E-state index contributed by atoms with van der Waals surface area (Å²) in [6.07, 6.45) is 0. The van der Waals surface area contributed by atoms with Crippen molar-refractivity contribution in [3.8, 4) is 0 Å². The summed E-state index contributed by atoms with van der Waals surface area (Å²) in [5, 5.41) is 6.34. The van der Waals surface area contributed by atoms with E-state index in [0.717, 1.165) is 16.8 Å². The zero-order valence-electron chi connectivity index (χ0n) is 16.8. The van der Waals surface area contributed by atoms with Gasteiger partial charge in [-0.25, -0.2) is 9.80 Å². The number of hydrogen-bond donors (Lipinski definition) is 0. The van der Waals surface area contributed by atoms with E-state index in [2.05, 4.69) is 10.1 Å². The molecule has 1 aliphatic rings. The molecule has 8 nitrogen and oxygen atoms in total. The van der Waals surface area contributed by atoms with Crippen molar-refractivity contribution in [1.29, 1.82) is 0 Å². The first-order chi connectivity index (χ1) is 13.3. The highest BCUT2D eigenvalue weighted by molar-refractivity contribution is 5.91. The Kier molecular flexibility index (Phi) is 4.21. The summed E-state index contributed by atoms with van der Waals surface area (Å²) in [6, 6.07) is 7.72. The van der Waals surface area contributed by atoms with Crippen molar-refractivity contribution < 1.29 is 0 Å². The number of aromatic nitrogens is 4. The Balaban J connectivity index is 1.99. The third-order valence-electron chi connectivity index (χ3n) is 5.42. The van der Waals surface area contributed by atoms with Crippen LogP contribution in [0.15, 0.2) is 39.0 Å². The van der Waals surface area contributed by atoms with Crippen molar-refractivity contribution in [3.05, 3.63) is 56.2 Å². The predicted molar refractivity (Wildman–Crippen MR) is 110 cm³/mol. The highest BCUT2D eigenvalue weighted by Gasteiger charge is 2.29. The predicted octanol–water partition coefficient (Wildman–Crippen LogP) is 2.03. The lowest BCUT2D eigenvalue weighted by atomic mass is 10.1. The van der Waals surface area contributed by atoms with Crippen molar-refractivity contribution in [2.75, 3.05) is 11.6 Å². The van der Waals surface area contributed by atoms with Gasteiger partial charge >= 0.3 is 5.69 Å². The first kappa shape index (κ1) is 18.2. The second kappa shape index (κ2) is 6.47. The number of aryl methyl sites for hydroxylation is 2. The van der Waals surface area contributed by atoms with Gasteiger partial charge in [-0.3, -0.25) is 18.5 Å². The molecule has 1 atom stereocenters. The van der Waals surface area contributed by atoms with Crippen LogP contribution < -0.4 is 16.3 Å². The molecule has 2 aromatic heterocycles. The summed E-state index contributed by atoms with van der Waals surface area (Å²) in [4.78, 5) is 30.9. The van der Waals surface area contributed by atoms with Gasteiger partial charge < -0.3 is 0 Å². The smallest absolute Gasteiger partial charge is 0.294 e. The Morgan fingerprint density at radius 1 is 1.11 bits per heavy atom. The molecule has 146 valence electrons. The second-order valence-electron chi connectivity index (χ2n) is 7.31. The molecule has 1 aromatic carbocycles. The van der Waals surface area contributed by atoms with Crippen molar-refractivity contribution in [3.63, 3.8) is 0 Å². The van der Waals surface area contributed by atoms with Crippen LogP contribution in [0.2, 0.25) is 0 Å². The lowest BCUT2D eigenvalue weighted by molar-refractivity contribution is 0.631. The van der Waals surface area contributed by atoms with Crippen LogP contribution in [0.3, 0.4) is 0 Å². The number of imidazole rings is 1. The van der Waals surface area contributed by atoms with Crippen LogP contribution in [0.5, 0.6) is 0 Å². The number of hydrazone groups is 1. The third kappa shape index (κ3) is 2.59. The molecule has 3 heterocycles. The fraction of sp³-hybridized carbons (Fsp3) is 0.400. The molecule has 3 aromatic rings. The standard InChI is InChI=1S/C20H24N6O2/c1-6-25-19-21-17-16(26(19)14(4)13(3)22-25)18(27)24(20(28)23(17)5)11-15-9-7-12(2)8-10-15/h7-10,14H,6,11H2,1-5H3/t14-/m1/s1. The summed E-state index contributed by atoms with van der Waals surface area (Å²) in [7, 11) is 1.66. The van der Waals surface area contributed by atoms with Gasteiger partial charge in [-0.05, 0) is 33.3 Å². The summed E-state index contributed by atoms with van der Waals surface area (Å²) in [5.74, 6) is 0.593.